The van der Waals surface area contributed by atoms with Gasteiger partial charge in [0.05, 0.1) is 22.6 Å². The van der Waals surface area contributed by atoms with Gasteiger partial charge in [-0.05, 0) is 45.3 Å². The van der Waals surface area contributed by atoms with Crippen LogP contribution in [0.1, 0.15) is 27.7 Å². The Morgan fingerprint density at radius 1 is 1.05 bits per heavy atom. The highest BCUT2D eigenvalue weighted by Crippen LogP contribution is 2.37. The lowest BCUT2D eigenvalue weighted by atomic mass is 9.79. The average Bonchev–Trinajstić information content (AvgIpc) is 2.74. The fourth-order valence-corrected chi connectivity index (χ4v) is 2.26. The quantitative estimate of drug-likeness (QED) is 0.661. The molecule has 1 aromatic carbocycles. The molecule has 1 fully saturated rings. The second-order valence-corrected chi connectivity index (χ2v) is 6.08. The predicted molar refractivity (Wildman–Crippen MR) is 75.4 cm³/mol. The van der Waals surface area contributed by atoms with E-state index in [2.05, 4.69) is 10.6 Å². The largest absolute Gasteiger partial charge is 0.494 e. The van der Waals surface area contributed by atoms with Gasteiger partial charge in [-0.25, -0.2) is 0 Å². The van der Waals surface area contributed by atoms with E-state index in [0.717, 1.165) is 16.8 Å². The van der Waals surface area contributed by atoms with Crippen LogP contribution in [-0.2, 0) is 9.31 Å². The van der Waals surface area contributed by atoms with E-state index in [1.807, 2.05) is 45.9 Å². The lowest BCUT2D eigenvalue weighted by molar-refractivity contribution is 0.00578. The number of aliphatic hydroxyl groups is 1. The number of hydrogen-bond acceptors (Lipinski definition) is 5. The third-order valence-electron chi connectivity index (χ3n) is 4.15. The van der Waals surface area contributed by atoms with E-state index < -0.39 is 6.35 Å². The Balaban J connectivity index is 1.88. The fourth-order valence-electron chi connectivity index (χ4n) is 2.26. The van der Waals surface area contributed by atoms with E-state index in [4.69, 9.17) is 9.31 Å². The highest BCUT2D eigenvalue weighted by atomic mass is 16.7. The zero-order valence-electron chi connectivity index (χ0n) is 11.7. The molecule has 0 bridgehead atoms. The van der Waals surface area contributed by atoms with Crippen molar-refractivity contribution in [2.45, 2.75) is 45.2 Å². The summed E-state index contributed by atoms with van der Waals surface area (Å²) in [5.74, 6) is 0. The molecule has 1 aromatic rings. The van der Waals surface area contributed by atoms with Gasteiger partial charge in [0.15, 0.2) is 0 Å². The van der Waals surface area contributed by atoms with E-state index in [-0.39, 0.29) is 18.3 Å². The number of rotatable bonds is 1. The Morgan fingerprint density at radius 3 is 2.26 bits per heavy atom. The molecule has 6 heteroatoms. The van der Waals surface area contributed by atoms with E-state index in [9.17, 15) is 5.11 Å². The zero-order chi connectivity index (χ0) is 13.8. The number of fused-ring (bicyclic) bond motifs is 1. The highest BCUT2D eigenvalue weighted by molar-refractivity contribution is 6.62. The number of nitrogens with one attached hydrogen (secondary N) is 2. The monoisotopic (exact) mass is 262 g/mol. The van der Waals surface area contributed by atoms with Gasteiger partial charge >= 0.3 is 7.12 Å². The van der Waals surface area contributed by atoms with Crippen molar-refractivity contribution in [2.75, 3.05) is 10.6 Å². The van der Waals surface area contributed by atoms with Gasteiger partial charge in [0.25, 0.3) is 0 Å². The number of benzene rings is 1. The molecule has 0 radical (unpaired) electrons. The van der Waals surface area contributed by atoms with Crippen LogP contribution in [0, 0.1) is 0 Å². The van der Waals surface area contributed by atoms with E-state index in [1.165, 1.54) is 0 Å². The summed E-state index contributed by atoms with van der Waals surface area (Å²) in [5, 5.41) is 15.3. The summed E-state index contributed by atoms with van der Waals surface area (Å²) in [7, 11) is -0.380. The van der Waals surface area contributed by atoms with Crippen molar-refractivity contribution in [1.29, 1.82) is 0 Å². The molecule has 0 spiro atoms. The minimum absolute atomic E-state index is 0.345. The van der Waals surface area contributed by atoms with Gasteiger partial charge in [-0.2, -0.15) is 0 Å². The van der Waals surface area contributed by atoms with Crippen molar-refractivity contribution >= 4 is 24.0 Å². The second kappa shape index (κ2) is 3.88. The lowest BCUT2D eigenvalue weighted by Crippen LogP contribution is -2.41. The van der Waals surface area contributed by atoms with Gasteiger partial charge in [0.1, 0.15) is 0 Å². The van der Waals surface area contributed by atoms with Crippen molar-refractivity contribution in [2.24, 2.45) is 0 Å². The normalized spacial score (nSPS) is 26.8. The van der Waals surface area contributed by atoms with Crippen LogP contribution in [0.25, 0.3) is 0 Å². The first kappa shape index (κ1) is 12.8. The Labute approximate surface area is 113 Å². The Morgan fingerprint density at radius 2 is 1.63 bits per heavy atom. The van der Waals surface area contributed by atoms with Crippen molar-refractivity contribution < 1.29 is 14.4 Å². The summed E-state index contributed by atoms with van der Waals surface area (Å²) in [4.78, 5) is 0. The van der Waals surface area contributed by atoms with Gasteiger partial charge in [-0.1, -0.05) is 6.07 Å². The van der Waals surface area contributed by atoms with Crippen molar-refractivity contribution in [3.63, 3.8) is 0 Å². The summed E-state index contributed by atoms with van der Waals surface area (Å²) in [6.07, 6.45) is -0.733. The van der Waals surface area contributed by atoms with Crippen molar-refractivity contribution in [3.8, 4) is 0 Å². The van der Waals surface area contributed by atoms with Gasteiger partial charge < -0.3 is 25.0 Å². The van der Waals surface area contributed by atoms with Crippen LogP contribution in [0.2, 0.25) is 0 Å². The molecule has 5 nitrogen and oxygen atoms in total. The number of aliphatic hydroxyl groups excluding tert-OH is 1. The van der Waals surface area contributed by atoms with E-state index in [0.29, 0.717) is 0 Å². The number of anilines is 2. The second-order valence-electron chi connectivity index (χ2n) is 6.08. The Hall–Kier alpha value is -1.24. The molecule has 3 rings (SSSR count). The molecule has 0 amide bonds. The smallest absolute Gasteiger partial charge is 0.399 e. The summed E-state index contributed by atoms with van der Waals surface area (Å²) < 4.78 is 12.0. The van der Waals surface area contributed by atoms with Gasteiger partial charge in [-0.3, -0.25) is 0 Å². The fraction of sp³-hybridized carbons (Fsp3) is 0.538. The summed E-state index contributed by atoms with van der Waals surface area (Å²) in [6.45, 7) is 8.13. The topological polar surface area (TPSA) is 62.8 Å². The van der Waals surface area contributed by atoms with Crippen LogP contribution in [0.3, 0.4) is 0 Å². The van der Waals surface area contributed by atoms with Crippen LogP contribution >= 0.6 is 0 Å². The molecule has 1 atom stereocenters. The predicted octanol–water partition coefficient (Wildman–Crippen LogP) is 1.10. The zero-order valence-corrected chi connectivity index (χ0v) is 11.7. The third kappa shape index (κ3) is 2.00. The molecular formula is C13H19BN2O3. The molecule has 0 aliphatic carbocycles. The number of hydrogen-bond donors (Lipinski definition) is 3. The van der Waals surface area contributed by atoms with Crippen LogP contribution in [0.5, 0.6) is 0 Å². The summed E-state index contributed by atoms with van der Waals surface area (Å²) in [5.41, 5.74) is 2.00. The first-order valence-corrected chi connectivity index (χ1v) is 6.49. The molecule has 3 N–H and O–H groups in total. The molecule has 102 valence electrons. The maximum Gasteiger partial charge on any atom is 0.494 e. The van der Waals surface area contributed by atoms with Gasteiger partial charge in [-0.15, -0.1) is 0 Å². The van der Waals surface area contributed by atoms with Gasteiger partial charge in [0, 0.05) is 0 Å². The molecule has 1 unspecified atom stereocenters. The molecule has 1 saturated heterocycles. The van der Waals surface area contributed by atoms with E-state index >= 15 is 0 Å². The molecule has 19 heavy (non-hydrogen) atoms. The molecule has 0 aromatic heterocycles. The third-order valence-corrected chi connectivity index (χ3v) is 4.15. The molecular weight excluding hydrogens is 243 g/mol. The minimum Gasteiger partial charge on any atom is -0.399 e. The van der Waals surface area contributed by atoms with Crippen LogP contribution in [-0.4, -0.2) is 29.8 Å². The SMILES string of the molecule is CC1(C)OB(c2ccc3c(c2)NC(O)N3)OC1(C)C. The maximum absolute atomic E-state index is 9.49. The van der Waals surface area contributed by atoms with Crippen LogP contribution in [0.15, 0.2) is 18.2 Å². The molecule has 0 saturated carbocycles. The van der Waals surface area contributed by atoms with Crippen molar-refractivity contribution in [1.82, 2.24) is 0 Å². The summed E-state index contributed by atoms with van der Waals surface area (Å²) >= 11 is 0. The van der Waals surface area contributed by atoms with Crippen LogP contribution in [0.4, 0.5) is 11.4 Å². The van der Waals surface area contributed by atoms with E-state index in [1.54, 1.807) is 0 Å². The van der Waals surface area contributed by atoms with Gasteiger partial charge in [0.2, 0.25) is 6.35 Å². The summed E-state index contributed by atoms with van der Waals surface area (Å²) in [6, 6.07) is 5.81. The van der Waals surface area contributed by atoms with Crippen LogP contribution < -0.4 is 16.1 Å². The Bertz CT molecular complexity index is 503. The minimum atomic E-state index is -0.733. The average molecular weight is 262 g/mol. The first-order chi connectivity index (χ1) is 8.78. The standard InChI is InChI=1S/C13H19BN2O3/c1-12(2)13(3,4)19-14(18-12)8-5-6-9-10(7-8)16-11(17)15-9/h5-7,11,15-17H,1-4H3. The van der Waals surface area contributed by atoms with Crippen molar-refractivity contribution in [3.05, 3.63) is 18.2 Å². The molecule has 2 aliphatic rings. The highest BCUT2D eigenvalue weighted by Gasteiger charge is 2.51. The maximum atomic E-state index is 9.49. The lowest BCUT2D eigenvalue weighted by Gasteiger charge is -2.32. The first-order valence-electron chi connectivity index (χ1n) is 6.49. The molecule has 2 aliphatic heterocycles. The Kier molecular flexibility index (Phi) is 2.61. The molecule has 2 heterocycles.